The Bertz CT molecular complexity index is 607. The lowest BCUT2D eigenvalue weighted by Gasteiger charge is -2.10. The Morgan fingerprint density at radius 2 is 1.94 bits per heavy atom. The van der Waals surface area contributed by atoms with Crippen LogP contribution in [0.2, 0.25) is 10.0 Å². The van der Waals surface area contributed by atoms with Crippen LogP contribution in [0.5, 0.6) is 0 Å². The molecule has 0 aliphatic carbocycles. The van der Waals surface area contributed by atoms with Crippen molar-refractivity contribution in [1.29, 1.82) is 0 Å². The van der Waals surface area contributed by atoms with E-state index in [1.54, 1.807) is 12.1 Å². The number of nitrogens with one attached hydrogen (secondary N) is 1. The third-order valence-corrected chi connectivity index (χ3v) is 3.22. The molecule has 0 aliphatic rings. The summed E-state index contributed by atoms with van der Waals surface area (Å²) in [6, 6.07) is 6.03. The Hall–Kier alpha value is -1.04. The van der Waals surface area contributed by atoms with Crippen LogP contribution in [-0.4, -0.2) is 4.98 Å². The van der Waals surface area contributed by atoms with Crippen molar-refractivity contribution in [1.82, 2.24) is 4.98 Å². The summed E-state index contributed by atoms with van der Waals surface area (Å²) in [5, 5.41) is 3.27. The van der Waals surface area contributed by atoms with Gasteiger partial charge in [-0.1, -0.05) is 39.1 Å². The van der Waals surface area contributed by atoms with Gasteiger partial charge in [0.25, 0.3) is 0 Å². The third kappa shape index (κ3) is 2.85. The van der Waals surface area contributed by atoms with Crippen molar-refractivity contribution in [3.8, 4) is 0 Å². The maximum atomic E-state index is 13.6. The number of pyridine rings is 1. The summed E-state index contributed by atoms with van der Waals surface area (Å²) in [5.74, 6) is -0.0587. The maximum Gasteiger partial charge on any atom is 0.151 e. The highest BCUT2D eigenvalue weighted by Gasteiger charge is 2.10. The Morgan fingerprint density at radius 3 is 2.61 bits per heavy atom. The van der Waals surface area contributed by atoms with Crippen LogP contribution in [0.25, 0.3) is 0 Å². The lowest BCUT2D eigenvalue weighted by atomic mass is 10.3. The average molecular weight is 351 g/mol. The predicted molar refractivity (Wildman–Crippen MR) is 76.1 cm³/mol. The first-order valence-corrected chi connectivity index (χ1v) is 6.36. The lowest BCUT2D eigenvalue weighted by Crippen LogP contribution is -2.00. The van der Waals surface area contributed by atoms with E-state index in [-0.39, 0.29) is 27.4 Å². The van der Waals surface area contributed by atoms with E-state index in [4.69, 9.17) is 28.9 Å². The zero-order valence-electron chi connectivity index (χ0n) is 8.85. The molecule has 7 heteroatoms. The van der Waals surface area contributed by atoms with E-state index in [0.717, 1.165) is 0 Å². The van der Waals surface area contributed by atoms with Crippen LogP contribution in [0.4, 0.5) is 21.7 Å². The second-order valence-corrected chi connectivity index (χ2v) is 5.17. The van der Waals surface area contributed by atoms with Crippen molar-refractivity contribution < 1.29 is 4.39 Å². The van der Waals surface area contributed by atoms with Gasteiger partial charge in [-0.15, -0.1) is 0 Å². The molecule has 2 aromatic rings. The number of hydrogen-bond donors (Lipinski definition) is 2. The summed E-state index contributed by atoms with van der Waals surface area (Å²) >= 11 is 14.9. The van der Waals surface area contributed by atoms with Crippen LogP contribution in [0.3, 0.4) is 0 Å². The van der Waals surface area contributed by atoms with Gasteiger partial charge in [0, 0.05) is 4.47 Å². The van der Waals surface area contributed by atoms with Gasteiger partial charge in [0.2, 0.25) is 0 Å². The number of benzene rings is 1. The van der Waals surface area contributed by atoms with Crippen molar-refractivity contribution in [2.75, 3.05) is 11.1 Å². The molecule has 1 heterocycles. The minimum Gasteiger partial charge on any atom is -0.382 e. The SMILES string of the molecule is Nc1nc(Nc2ccc(Br)cc2F)c(Cl)cc1Cl. The molecule has 3 N–H and O–H groups in total. The molecular weight excluding hydrogens is 344 g/mol. The number of aromatic nitrogens is 1. The summed E-state index contributed by atoms with van der Waals surface area (Å²) in [4.78, 5) is 3.96. The molecule has 94 valence electrons. The summed E-state index contributed by atoms with van der Waals surface area (Å²) in [6.45, 7) is 0. The van der Waals surface area contributed by atoms with Crippen molar-refractivity contribution in [3.63, 3.8) is 0 Å². The fourth-order valence-electron chi connectivity index (χ4n) is 1.29. The normalized spacial score (nSPS) is 10.4. The second-order valence-electron chi connectivity index (χ2n) is 3.44. The fraction of sp³-hybridized carbons (Fsp3) is 0. The molecule has 0 unspecified atom stereocenters. The van der Waals surface area contributed by atoms with E-state index in [2.05, 4.69) is 26.2 Å². The Balaban J connectivity index is 2.37. The molecule has 0 spiro atoms. The monoisotopic (exact) mass is 349 g/mol. The molecule has 0 radical (unpaired) electrons. The molecule has 0 bridgehead atoms. The number of rotatable bonds is 2. The number of anilines is 3. The summed E-state index contributed by atoms with van der Waals surface area (Å²) in [6.07, 6.45) is 0. The number of halogens is 4. The lowest BCUT2D eigenvalue weighted by molar-refractivity contribution is 0.631. The Kier molecular flexibility index (Phi) is 3.94. The minimum absolute atomic E-state index is 0.126. The first-order valence-electron chi connectivity index (χ1n) is 4.81. The molecule has 0 fully saturated rings. The van der Waals surface area contributed by atoms with Crippen LogP contribution >= 0.6 is 39.1 Å². The van der Waals surface area contributed by atoms with Crippen molar-refractivity contribution >= 4 is 56.5 Å². The van der Waals surface area contributed by atoms with E-state index in [1.165, 1.54) is 12.1 Å². The Morgan fingerprint density at radius 1 is 1.22 bits per heavy atom. The number of hydrogen-bond acceptors (Lipinski definition) is 3. The fourth-order valence-corrected chi connectivity index (χ4v) is 2.03. The van der Waals surface area contributed by atoms with Crippen LogP contribution in [0.1, 0.15) is 0 Å². The van der Waals surface area contributed by atoms with Crippen LogP contribution in [0, 0.1) is 5.82 Å². The minimum atomic E-state index is -0.434. The van der Waals surface area contributed by atoms with Gasteiger partial charge in [0.15, 0.2) is 5.82 Å². The average Bonchev–Trinajstić information content (AvgIpc) is 2.29. The third-order valence-electron chi connectivity index (χ3n) is 2.14. The first kappa shape index (κ1) is 13.4. The van der Waals surface area contributed by atoms with E-state index in [9.17, 15) is 4.39 Å². The molecule has 18 heavy (non-hydrogen) atoms. The van der Waals surface area contributed by atoms with Gasteiger partial charge in [-0.05, 0) is 24.3 Å². The van der Waals surface area contributed by atoms with Gasteiger partial charge in [0.05, 0.1) is 15.7 Å². The van der Waals surface area contributed by atoms with Crippen molar-refractivity contribution in [2.45, 2.75) is 0 Å². The number of nitrogens with zero attached hydrogens (tertiary/aromatic N) is 1. The van der Waals surface area contributed by atoms with Gasteiger partial charge in [0.1, 0.15) is 11.6 Å². The molecule has 1 aromatic carbocycles. The Labute approximate surface area is 121 Å². The van der Waals surface area contributed by atoms with E-state index in [1.807, 2.05) is 0 Å². The highest BCUT2D eigenvalue weighted by molar-refractivity contribution is 9.10. The standard InChI is InChI=1S/C11H7BrCl2FN3/c12-5-1-2-9(8(15)3-5)17-11-7(14)4-6(13)10(16)18-11/h1-4H,(H3,16,17,18). The second kappa shape index (κ2) is 5.30. The van der Waals surface area contributed by atoms with Crippen molar-refractivity contribution in [2.24, 2.45) is 0 Å². The van der Waals surface area contributed by atoms with E-state index >= 15 is 0 Å². The summed E-state index contributed by atoms with van der Waals surface area (Å²) < 4.78 is 14.3. The molecule has 0 saturated heterocycles. The molecule has 2 rings (SSSR count). The van der Waals surface area contributed by atoms with Crippen LogP contribution < -0.4 is 11.1 Å². The van der Waals surface area contributed by atoms with Gasteiger partial charge in [-0.3, -0.25) is 0 Å². The highest BCUT2D eigenvalue weighted by Crippen LogP contribution is 2.30. The number of nitrogens with two attached hydrogens (primary N) is 1. The van der Waals surface area contributed by atoms with Crippen LogP contribution in [-0.2, 0) is 0 Å². The van der Waals surface area contributed by atoms with Gasteiger partial charge in [-0.2, -0.15) is 0 Å². The molecule has 0 aliphatic heterocycles. The zero-order chi connectivity index (χ0) is 13.3. The molecule has 0 amide bonds. The molecule has 3 nitrogen and oxygen atoms in total. The number of nitrogen functional groups attached to an aromatic ring is 1. The zero-order valence-corrected chi connectivity index (χ0v) is 11.9. The molecule has 0 saturated carbocycles. The highest BCUT2D eigenvalue weighted by atomic mass is 79.9. The molecule has 0 atom stereocenters. The van der Waals surface area contributed by atoms with Gasteiger partial charge in [-0.25, -0.2) is 9.37 Å². The smallest absolute Gasteiger partial charge is 0.151 e. The van der Waals surface area contributed by atoms with E-state index < -0.39 is 5.82 Å². The van der Waals surface area contributed by atoms with Crippen molar-refractivity contribution in [3.05, 3.63) is 44.6 Å². The molecule has 1 aromatic heterocycles. The largest absolute Gasteiger partial charge is 0.382 e. The van der Waals surface area contributed by atoms with Gasteiger partial charge >= 0.3 is 0 Å². The maximum absolute atomic E-state index is 13.6. The first-order chi connectivity index (χ1) is 8.47. The summed E-state index contributed by atoms with van der Waals surface area (Å²) in [5.41, 5.74) is 5.81. The van der Waals surface area contributed by atoms with E-state index in [0.29, 0.717) is 4.47 Å². The topological polar surface area (TPSA) is 50.9 Å². The summed E-state index contributed by atoms with van der Waals surface area (Å²) in [7, 11) is 0. The predicted octanol–water partition coefficient (Wildman–Crippen LogP) is 4.62. The van der Waals surface area contributed by atoms with Gasteiger partial charge < -0.3 is 11.1 Å². The van der Waals surface area contributed by atoms with Crippen LogP contribution in [0.15, 0.2) is 28.7 Å². The quantitative estimate of drug-likeness (QED) is 0.831. The molecular formula is C11H7BrCl2FN3.